The second-order valence-electron chi connectivity index (χ2n) is 14.0. The van der Waals surface area contributed by atoms with E-state index in [2.05, 4.69) is 60.7 Å². The molecule has 0 saturated carbocycles. The van der Waals surface area contributed by atoms with Gasteiger partial charge in [0, 0.05) is 74.0 Å². The SMILES string of the molecule is CN1C(=O)/C(=C2/C(=O)N(C)c3cc(-c4ccc(-c5ccc(/C=C(\C#N)c6cccs6)s5)s4)ccc32)c2ccc(-c3ccc(-c4ccc(/C=C(\C#N)c5cccs5)s4)s3)cc21. The van der Waals surface area contributed by atoms with Crippen molar-refractivity contribution in [2.45, 2.75) is 0 Å². The molecule has 60 heavy (non-hydrogen) atoms. The van der Waals surface area contributed by atoms with E-state index in [4.69, 9.17) is 0 Å². The Labute approximate surface area is 370 Å². The Balaban J connectivity index is 0.920. The molecule has 0 radical (unpaired) electrons. The summed E-state index contributed by atoms with van der Waals surface area (Å²) in [5, 5.41) is 23.4. The number of thiophene rings is 6. The molecule has 288 valence electrons. The number of amides is 2. The first-order chi connectivity index (χ1) is 29.3. The van der Waals surface area contributed by atoms with Gasteiger partial charge in [0.1, 0.15) is 12.1 Å². The van der Waals surface area contributed by atoms with Crippen molar-refractivity contribution >= 4 is 126 Å². The van der Waals surface area contributed by atoms with Gasteiger partial charge in [-0.25, -0.2) is 0 Å². The van der Waals surface area contributed by atoms with Gasteiger partial charge in [0.15, 0.2) is 0 Å². The molecule has 2 amide bonds. The van der Waals surface area contributed by atoms with Crippen LogP contribution in [0.3, 0.4) is 0 Å². The van der Waals surface area contributed by atoms with E-state index >= 15 is 0 Å². The van der Waals surface area contributed by atoms with E-state index in [1.807, 2.05) is 83.6 Å². The van der Waals surface area contributed by atoms with Gasteiger partial charge in [0.05, 0.1) is 33.7 Å². The van der Waals surface area contributed by atoms with Crippen LogP contribution in [0.4, 0.5) is 11.4 Å². The third kappa shape index (κ3) is 6.64. The van der Waals surface area contributed by atoms with Crippen LogP contribution < -0.4 is 9.80 Å². The normalized spacial score (nSPS) is 15.1. The molecule has 8 heterocycles. The van der Waals surface area contributed by atoms with E-state index in [0.717, 1.165) is 82.4 Å². The zero-order chi connectivity index (χ0) is 41.1. The number of nitriles is 2. The van der Waals surface area contributed by atoms with Gasteiger partial charge in [-0.2, -0.15) is 10.5 Å². The first-order valence-electron chi connectivity index (χ1n) is 18.6. The molecular formula is C48H28N4O2S6. The van der Waals surface area contributed by atoms with Gasteiger partial charge in [-0.3, -0.25) is 9.59 Å². The second kappa shape index (κ2) is 15.4. The maximum atomic E-state index is 14.0. The summed E-state index contributed by atoms with van der Waals surface area (Å²) < 4.78 is 0. The Bertz CT molecular complexity index is 2990. The number of allylic oxidation sites excluding steroid dienone is 2. The molecule has 2 aromatic carbocycles. The van der Waals surface area contributed by atoms with Crippen molar-refractivity contribution in [3.8, 4) is 52.5 Å². The van der Waals surface area contributed by atoms with Crippen LogP contribution in [0.2, 0.25) is 0 Å². The zero-order valence-electron chi connectivity index (χ0n) is 31.8. The standard InChI is InChI=1S/C48H28N4O2S6/c1-51-35-23-27(39-15-17-43(59-39)41-13-9-31(57-41)21-29(25-49)37-5-3-19-55-37)7-11-33(35)45(47(51)53)46-34-12-8-28(24-36(34)52(2)48(46)54)40-16-18-44(60-40)42-14-10-32(58-42)22-30(26-50)38-6-4-20-56-38/h3-24H,1-2H3/b29-21+,30-22+,46-45+. The van der Waals surface area contributed by atoms with Crippen LogP contribution in [0.25, 0.3) is 74.8 Å². The average Bonchev–Trinajstić information content (AvgIpc) is 4.13. The average molecular weight is 885 g/mol. The van der Waals surface area contributed by atoms with E-state index in [9.17, 15) is 20.1 Å². The number of hydrogen-bond acceptors (Lipinski definition) is 10. The molecule has 0 saturated heterocycles. The fourth-order valence-electron chi connectivity index (χ4n) is 7.46. The van der Waals surface area contributed by atoms with E-state index < -0.39 is 0 Å². The molecule has 8 aromatic rings. The quantitative estimate of drug-likeness (QED) is 0.112. The van der Waals surface area contributed by atoms with Crippen LogP contribution in [0.15, 0.2) is 120 Å². The molecule has 0 fully saturated rings. The minimum atomic E-state index is -0.202. The van der Waals surface area contributed by atoms with Crippen LogP contribution in [0.1, 0.15) is 30.6 Å². The molecule has 0 atom stereocenters. The number of fused-ring (bicyclic) bond motifs is 2. The molecule has 0 aliphatic carbocycles. The monoisotopic (exact) mass is 884 g/mol. The van der Waals surface area contributed by atoms with Gasteiger partial charge >= 0.3 is 0 Å². The maximum Gasteiger partial charge on any atom is 0.259 e. The third-order valence-electron chi connectivity index (χ3n) is 10.5. The Morgan fingerprint density at radius 3 is 1.32 bits per heavy atom. The topological polar surface area (TPSA) is 88.2 Å². The lowest BCUT2D eigenvalue weighted by atomic mass is 9.95. The highest BCUT2D eigenvalue weighted by molar-refractivity contribution is 7.25. The second-order valence-corrected chi connectivity index (χ2v) is 20.3. The van der Waals surface area contributed by atoms with Crippen molar-refractivity contribution in [2.24, 2.45) is 0 Å². The highest BCUT2D eigenvalue weighted by Crippen LogP contribution is 2.49. The van der Waals surface area contributed by atoms with Crippen molar-refractivity contribution in [1.29, 1.82) is 10.5 Å². The number of anilines is 2. The molecule has 0 N–H and O–H groups in total. The van der Waals surface area contributed by atoms with Crippen LogP contribution >= 0.6 is 68.0 Å². The highest BCUT2D eigenvalue weighted by Gasteiger charge is 2.40. The van der Waals surface area contributed by atoms with Crippen molar-refractivity contribution in [3.05, 3.63) is 151 Å². The summed E-state index contributed by atoms with van der Waals surface area (Å²) >= 11 is 9.78. The third-order valence-corrected chi connectivity index (χ3v) is 17.0. The molecule has 0 unspecified atom stereocenters. The number of benzene rings is 2. The van der Waals surface area contributed by atoms with Gasteiger partial charge < -0.3 is 9.80 Å². The maximum absolute atomic E-state index is 14.0. The highest BCUT2D eigenvalue weighted by atomic mass is 32.1. The van der Waals surface area contributed by atoms with Crippen LogP contribution in [-0.2, 0) is 9.59 Å². The van der Waals surface area contributed by atoms with Crippen LogP contribution in [0, 0.1) is 22.7 Å². The molecule has 2 aliphatic rings. The smallest absolute Gasteiger partial charge is 0.259 e. The number of nitrogens with zero attached hydrogens (tertiary/aromatic N) is 4. The fourth-order valence-corrected chi connectivity index (χ4v) is 12.9. The van der Waals surface area contributed by atoms with Gasteiger partial charge in [0.2, 0.25) is 0 Å². The summed E-state index contributed by atoms with van der Waals surface area (Å²) in [5.41, 5.74) is 7.18. The van der Waals surface area contributed by atoms with Crippen LogP contribution in [-0.4, -0.2) is 25.9 Å². The van der Waals surface area contributed by atoms with E-state index in [1.165, 1.54) is 0 Å². The summed E-state index contributed by atoms with van der Waals surface area (Å²) in [6.45, 7) is 0. The summed E-state index contributed by atoms with van der Waals surface area (Å²) in [6, 6.07) is 41.3. The largest absolute Gasteiger partial charge is 0.311 e. The predicted molar refractivity (Wildman–Crippen MR) is 255 cm³/mol. The molecule has 12 heteroatoms. The number of carbonyl (C=O) groups is 2. The lowest BCUT2D eigenvalue weighted by Gasteiger charge is -2.10. The first-order valence-corrected chi connectivity index (χ1v) is 23.6. The van der Waals surface area contributed by atoms with Crippen molar-refractivity contribution in [3.63, 3.8) is 0 Å². The Morgan fingerprint density at radius 1 is 0.517 bits per heavy atom. The lowest BCUT2D eigenvalue weighted by Crippen LogP contribution is -2.24. The first kappa shape index (κ1) is 38.0. The van der Waals surface area contributed by atoms with E-state index in [1.54, 1.807) is 91.9 Å². The zero-order valence-corrected chi connectivity index (χ0v) is 36.7. The summed E-state index contributed by atoms with van der Waals surface area (Å²) in [7, 11) is 3.54. The summed E-state index contributed by atoms with van der Waals surface area (Å²) in [4.78, 5) is 42.0. The van der Waals surface area contributed by atoms with Crippen molar-refractivity contribution < 1.29 is 9.59 Å². The van der Waals surface area contributed by atoms with Crippen molar-refractivity contribution in [1.82, 2.24) is 0 Å². The summed E-state index contributed by atoms with van der Waals surface area (Å²) in [6.07, 6.45) is 3.89. The molecule has 10 rings (SSSR count). The Morgan fingerprint density at radius 2 is 0.917 bits per heavy atom. The minimum absolute atomic E-state index is 0.202. The number of hydrogen-bond donors (Lipinski definition) is 0. The van der Waals surface area contributed by atoms with Gasteiger partial charge in [-0.15, -0.1) is 68.0 Å². The number of likely N-dealkylation sites (N-methyl/N-ethyl adjacent to an activating group) is 2. The van der Waals surface area contributed by atoms with Gasteiger partial charge in [-0.1, -0.05) is 36.4 Å². The predicted octanol–water partition coefficient (Wildman–Crippen LogP) is 13.7. The summed E-state index contributed by atoms with van der Waals surface area (Å²) in [5.74, 6) is -0.405. The Kier molecular flexibility index (Phi) is 9.77. The van der Waals surface area contributed by atoms with Gasteiger partial charge in [0.25, 0.3) is 11.8 Å². The molecule has 0 spiro atoms. The Hall–Kier alpha value is -6.22. The fraction of sp³-hybridized carbons (Fsp3) is 0.0417. The number of rotatable bonds is 8. The van der Waals surface area contributed by atoms with Gasteiger partial charge in [-0.05, 0) is 107 Å². The molecule has 0 bridgehead atoms. The van der Waals surface area contributed by atoms with Crippen molar-refractivity contribution in [2.75, 3.05) is 23.9 Å². The molecule has 6 aromatic heterocycles. The molecule has 6 nitrogen and oxygen atoms in total. The van der Waals surface area contributed by atoms with E-state index in [0.29, 0.717) is 22.3 Å². The van der Waals surface area contributed by atoms with E-state index in [-0.39, 0.29) is 11.8 Å². The minimum Gasteiger partial charge on any atom is -0.311 e. The number of carbonyl (C=O) groups excluding carboxylic acids is 2. The molecular weight excluding hydrogens is 857 g/mol. The van der Waals surface area contributed by atoms with Crippen LogP contribution in [0.5, 0.6) is 0 Å². The molecule has 2 aliphatic heterocycles. The lowest BCUT2D eigenvalue weighted by molar-refractivity contribution is -0.114.